The highest BCUT2D eigenvalue weighted by Gasteiger charge is 2.06. The van der Waals surface area contributed by atoms with Crippen LogP contribution in [-0.4, -0.2) is 4.99 Å². The van der Waals surface area contributed by atoms with Gasteiger partial charge in [0, 0.05) is 11.4 Å². The summed E-state index contributed by atoms with van der Waals surface area (Å²) in [5.74, 6) is -0.331. The van der Waals surface area contributed by atoms with Crippen LogP contribution in [0.15, 0.2) is 35.5 Å². The van der Waals surface area contributed by atoms with Crippen LogP contribution in [0.3, 0.4) is 0 Å². The molecule has 5 heteroatoms. The second kappa shape index (κ2) is 5.24. The molecule has 0 fully saturated rings. The highest BCUT2D eigenvalue weighted by atomic mass is 32.1. The molecule has 0 saturated heterocycles. The third-order valence-corrected chi connectivity index (χ3v) is 2.14. The highest BCUT2D eigenvalue weighted by molar-refractivity contribution is 7.81. The largest absolute Gasteiger partial charge is 0.401 e. The van der Waals surface area contributed by atoms with E-state index in [-0.39, 0.29) is 16.4 Å². The van der Waals surface area contributed by atoms with Gasteiger partial charge in [0.1, 0.15) is 22.4 Å². The van der Waals surface area contributed by atoms with Crippen LogP contribution in [0, 0.1) is 17.1 Å². The van der Waals surface area contributed by atoms with Crippen LogP contribution in [-0.2, 0) is 0 Å². The van der Waals surface area contributed by atoms with Crippen LogP contribution >= 0.6 is 12.2 Å². The van der Waals surface area contributed by atoms with Crippen LogP contribution < -0.4 is 11.1 Å². The molecule has 0 aromatic heterocycles. The zero-order chi connectivity index (χ0) is 12.1. The van der Waals surface area contributed by atoms with Gasteiger partial charge in [-0.05, 0) is 31.2 Å². The van der Waals surface area contributed by atoms with Gasteiger partial charge in [-0.1, -0.05) is 12.2 Å². The molecule has 0 aliphatic carbocycles. The normalized spacial score (nSPS) is 11.3. The highest BCUT2D eigenvalue weighted by Crippen LogP contribution is 2.11. The number of nitrogens with one attached hydrogen (secondary N) is 1. The number of nitrogens with zero attached hydrogens (tertiary/aromatic N) is 1. The smallest absolute Gasteiger partial charge is 0.123 e. The lowest BCUT2D eigenvalue weighted by atomic mass is 10.2. The summed E-state index contributed by atoms with van der Waals surface area (Å²) in [6.45, 7) is 1.59. The fraction of sp³-hybridized carbons (Fsp3) is 0.0909. The number of allylic oxidation sites excluding steroid dienone is 1. The predicted molar refractivity (Wildman–Crippen MR) is 65.1 cm³/mol. The Labute approximate surface area is 98.4 Å². The average molecular weight is 235 g/mol. The summed E-state index contributed by atoms with van der Waals surface area (Å²) in [5, 5.41) is 11.6. The Bertz CT molecular complexity index is 467. The fourth-order valence-corrected chi connectivity index (χ4v) is 1.37. The van der Waals surface area contributed by atoms with E-state index in [2.05, 4.69) is 5.32 Å². The van der Waals surface area contributed by atoms with Crippen LogP contribution in [0.1, 0.15) is 6.92 Å². The summed E-state index contributed by atoms with van der Waals surface area (Å²) in [7, 11) is 0. The van der Waals surface area contributed by atoms with E-state index in [4.69, 9.17) is 23.2 Å². The van der Waals surface area contributed by atoms with Gasteiger partial charge in [0.25, 0.3) is 0 Å². The standard InChI is InChI=1S/C11H10FN3S/c1-7(14)10(6-13)11(16)15-9-4-2-8(12)3-5-9/h2-5H,14H2,1H3,(H,15,16)/b10-7+. The SMILES string of the molecule is C/C(N)=C(/C#N)C(=S)Nc1ccc(F)cc1. The molecule has 1 aromatic rings. The minimum atomic E-state index is -0.331. The number of nitrogens with two attached hydrogens (primary N) is 1. The van der Waals surface area contributed by atoms with Gasteiger partial charge < -0.3 is 11.1 Å². The molecule has 0 amide bonds. The van der Waals surface area contributed by atoms with E-state index < -0.39 is 0 Å². The molecule has 82 valence electrons. The molecule has 0 aliphatic heterocycles. The third kappa shape index (κ3) is 3.04. The van der Waals surface area contributed by atoms with E-state index in [1.165, 1.54) is 24.3 Å². The zero-order valence-corrected chi connectivity index (χ0v) is 9.44. The molecule has 1 aromatic carbocycles. The van der Waals surface area contributed by atoms with E-state index >= 15 is 0 Å². The van der Waals surface area contributed by atoms with Crippen molar-refractivity contribution in [2.24, 2.45) is 5.73 Å². The molecule has 0 heterocycles. The zero-order valence-electron chi connectivity index (χ0n) is 8.62. The van der Waals surface area contributed by atoms with Crippen LogP contribution in [0.4, 0.5) is 10.1 Å². The molecular weight excluding hydrogens is 225 g/mol. The van der Waals surface area contributed by atoms with Gasteiger partial charge >= 0.3 is 0 Å². The Morgan fingerprint density at radius 1 is 1.44 bits per heavy atom. The average Bonchev–Trinajstić information content (AvgIpc) is 2.22. The van der Waals surface area contributed by atoms with E-state index in [0.29, 0.717) is 11.4 Å². The van der Waals surface area contributed by atoms with Crippen molar-refractivity contribution in [1.82, 2.24) is 0 Å². The minimum absolute atomic E-state index is 0.222. The predicted octanol–water partition coefficient (Wildman–Crippen LogP) is 2.32. The molecule has 3 nitrogen and oxygen atoms in total. The lowest BCUT2D eigenvalue weighted by Gasteiger charge is -2.07. The van der Waals surface area contributed by atoms with Crippen molar-refractivity contribution in [3.63, 3.8) is 0 Å². The van der Waals surface area contributed by atoms with Crippen LogP contribution in [0.25, 0.3) is 0 Å². The monoisotopic (exact) mass is 235 g/mol. The molecule has 0 bridgehead atoms. The van der Waals surface area contributed by atoms with Gasteiger partial charge in [-0.3, -0.25) is 0 Å². The quantitative estimate of drug-likeness (QED) is 0.469. The molecular formula is C11H10FN3S. The molecule has 0 unspecified atom stereocenters. The Morgan fingerprint density at radius 3 is 2.44 bits per heavy atom. The minimum Gasteiger partial charge on any atom is -0.401 e. The number of nitriles is 1. The molecule has 0 atom stereocenters. The second-order valence-corrected chi connectivity index (χ2v) is 3.54. The van der Waals surface area contributed by atoms with Crippen molar-refractivity contribution >= 4 is 22.9 Å². The van der Waals surface area contributed by atoms with Crippen molar-refractivity contribution in [3.05, 3.63) is 41.4 Å². The summed E-state index contributed by atoms with van der Waals surface area (Å²) < 4.78 is 12.6. The Kier molecular flexibility index (Phi) is 3.97. The molecule has 0 spiro atoms. The Morgan fingerprint density at radius 2 is 2.00 bits per heavy atom. The first-order chi connectivity index (χ1) is 7.54. The van der Waals surface area contributed by atoms with Crippen molar-refractivity contribution in [1.29, 1.82) is 5.26 Å². The lowest BCUT2D eigenvalue weighted by molar-refractivity contribution is 0.628. The summed E-state index contributed by atoms with van der Waals surface area (Å²) in [4.78, 5) is 0.231. The van der Waals surface area contributed by atoms with E-state index in [0.717, 1.165) is 0 Å². The number of rotatable bonds is 2. The van der Waals surface area contributed by atoms with Gasteiger partial charge in [-0.15, -0.1) is 0 Å². The van der Waals surface area contributed by atoms with Crippen molar-refractivity contribution in [2.75, 3.05) is 5.32 Å². The van der Waals surface area contributed by atoms with Crippen molar-refractivity contribution in [3.8, 4) is 6.07 Å². The number of anilines is 1. The van der Waals surface area contributed by atoms with Crippen LogP contribution in [0.5, 0.6) is 0 Å². The number of hydrogen-bond donors (Lipinski definition) is 2. The van der Waals surface area contributed by atoms with E-state index in [1.54, 1.807) is 6.92 Å². The summed E-state index contributed by atoms with van der Waals surface area (Å²) in [6.07, 6.45) is 0. The maximum absolute atomic E-state index is 12.6. The summed E-state index contributed by atoms with van der Waals surface area (Å²) >= 11 is 5.00. The Hall–Kier alpha value is -1.93. The fourth-order valence-electron chi connectivity index (χ4n) is 1.04. The summed E-state index contributed by atoms with van der Waals surface area (Å²) in [5.41, 5.74) is 6.68. The molecule has 1 rings (SSSR count). The Balaban J connectivity index is 2.84. The first kappa shape index (κ1) is 12.1. The number of benzene rings is 1. The topological polar surface area (TPSA) is 61.8 Å². The van der Waals surface area contributed by atoms with Crippen molar-refractivity contribution in [2.45, 2.75) is 6.92 Å². The number of hydrogen-bond acceptors (Lipinski definition) is 3. The van der Waals surface area contributed by atoms with Gasteiger partial charge in [0.2, 0.25) is 0 Å². The number of halogens is 1. The first-order valence-electron chi connectivity index (χ1n) is 4.48. The van der Waals surface area contributed by atoms with E-state index in [1.807, 2.05) is 6.07 Å². The first-order valence-corrected chi connectivity index (χ1v) is 4.89. The van der Waals surface area contributed by atoms with Crippen LogP contribution in [0.2, 0.25) is 0 Å². The molecule has 0 saturated carbocycles. The van der Waals surface area contributed by atoms with Gasteiger partial charge in [0.05, 0.1) is 0 Å². The third-order valence-electron chi connectivity index (χ3n) is 1.84. The number of thiocarbonyl (C=S) groups is 1. The second-order valence-electron chi connectivity index (χ2n) is 3.13. The molecule has 0 aliphatic rings. The maximum Gasteiger partial charge on any atom is 0.123 e. The maximum atomic E-state index is 12.6. The van der Waals surface area contributed by atoms with Gasteiger partial charge in [0.15, 0.2) is 0 Å². The summed E-state index contributed by atoms with van der Waals surface area (Å²) in [6, 6.07) is 7.57. The van der Waals surface area contributed by atoms with Gasteiger partial charge in [-0.25, -0.2) is 4.39 Å². The van der Waals surface area contributed by atoms with Gasteiger partial charge in [-0.2, -0.15) is 5.26 Å². The van der Waals surface area contributed by atoms with Crippen molar-refractivity contribution < 1.29 is 4.39 Å². The van der Waals surface area contributed by atoms with E-state index in [9.17, 15) is 4.39 Å². The molecule has 0 radical (unpaired) electrons. The molecule has 3 N–H and O–H groups in total. The lowest BCUT2D eigenvalue weighted by Crippen LogP contribution is -2.14. The molecule has 16 heavy (non-hydrogen) atoms.